The van der Waals surface area contributed by atoms with Gasteiger partial charge in [0.1, 0.15) is 5.75 Å². The molecule has 8 heteroatoms. The summed E-state index contributed by atoms with van der Waals surface area (Å²) >= 11 is 0. The van der Waals surface area contributed by atoms with Crippen LogP contribution < -0.4 is 15.8 Å². The van der Waals surface area contributed by atoms with Crippen LogP contribution in [0.1, 0.15) is 0 Å². The third kappa shape index (κ3) is 2.55. The molecule has 0 aliphatic carbocycles. The Bertz CT molecular complexity index is 776. The van der Waals surface area contributed by atoms with Gasteiger partial charge in [0.25, 0.3) is 0 Å². The lowest BCUT2D eigenvalue weighted by Crippen LogP contribution is -2.04. The van der Waals surface area contributed by atoms with Crippen LogP contribution in [0, 0.1) is 0 Å². The molecule has 2 aromatic carbocycles. The van der Waals surface area contributed by atoms with E-state index >= 15 is 0 Å². The highest BCUT2D eigenvalue weighted by molar-refractivity contribution is 5.96. The number of hydrogen-bond donors (Lipinski definition) is 2. The fourth-order valence-electron chi connectivity index (χ4n) is 1.90. The van der Waals surface area contributed by atoms with E-state index in [2.05, 4.69) is 25.0 Å². The molecule has 0 fully saturated rings. The van der Waals surface area contributed by atoms with E-state index in [1.54, 1.807) is 30.3 Å². The molecule has 0 bridgehead atoms. The van der Waals surface area contributed by atoms with Gasteiger partial charge in [-0.25, -0.2) is 4.63 Å². The predicted octanol–water partition coefficient (Wildman–Crippen LogP) is 3.15. The van der Waals surface area contributed by atoms with Gasteiger partial charge in [0.2, 0.25) is 0 Å². The summed E-state index contributed by atoms with van der Waals surface area (Å²) in [6.45, 7) is -2.91. The summed E-state index contributed by atoms with van der Waals surface area (Å²) in [4.78, 5) is 0. The van der Waals surface area contributed by atoms with Gasteiger partial charge in [-0.15, -0.1) is 0 Å². The van der Waals surface area contributed by atoms with Crippen LogP contribution in [0.25, 0.3) is 11.0 Å². The Hall–Kier alpha value is -2.90. The topological polar surface area (TPSA) is 86.2 Å². The summed E-state index contributed by atoms with van der Waals surface area (Å²) < 4.78 is 33.9. The lowest BCUT2D eigenvalue weighted by atomic mass is 10.2. The zero-order valence-electron chi connectivity index (χ0n) is 10.6. The van der Waals surface area contributed by atoms with Crippen LogP contribution in [0.2, 0.25) is 0 Å². The molecule has 0 saturated heterocycles. The molecule has 108 valence electrons. The standard InChI is InChI=1S/C13H10F2N4O2/c14-13(15)20-10-4-2-1-3-8(10)17-9-6-5-7(16)11-12(9)19-21-18-11/h1-6,13,17H,16H2. The average Bonchev–Trinajstić information content (AvgIpc) is 2.94. The van der Waals surface area contributed by atoms with Gasteiger partial charge in [-0.2, -0.15) is 8.78 Å². The van der Waals surface area contributed by atoms with Gasteiger partial charge in [0.05, 0.1) is 17.1 Å². The normalized spacial score (nSPS) is 11.0. The van der Waals surface area contributed by atoms with Crippen molar-refractivity contribution in [1.29, 1.82) is 0 Å². The highest BCUT2D eigenvalue weighted by Crippen LogP contribution is 2.32. The monoisotopic (exact) mass is 292 g/mol. The number of nitrogen functional groups attached to an aromatic ring is 1. The first-order valence-electron chi connectivity index (χ1n) is 5.97. The fourth-order valence-corrected chi connectivity index (χ4v) is 1.90. The number of halogens is 2. The molecule has 0 aliphatic heterocycles. The van der Waals surface area contributed by atoms with E-state index in [-0.39, 0.29) is 5.75 Å². The number of nitrogens with two attached hydrogens (primary N) is 1. The zero-order valence-corrected chi connectivity index (χ0v) is 10.6. The highest BCUT2D eigenvalue weighted by atomic mass is 19.3. The zero-order chi connectivity index (χ0) is 14.8. The lowest BCUT2D eigenvalue weighted by molar-refractivity contribution is -0.0493. The maximum atomic E-state index is 12.4. The van der Waals surface area contributed by atoms with Crippen molar-refractivity contribution in [3.05, 3.63) is 36.4 Å². The van der Waals surface area contributed by atoms with Crippen molar-refractivity contribution in [3.8, 4) is 5.75 Å². The molecule has 1 aromatic heterocycles. The number of hydrogen-bond acceptors (Lipinski definition) is 6. The maximum Gasteiger partial charge on any atom is 0.387 e. The molecule has 0 radical (unpaired) electrons. The Balaban J connectivity index is 1.99. The number of anilines is 3. The molecule has 0 saturated carbocycles. The third-order valence-corrected chi connectivity index (χ3v) is 2.82. The van der Waals surface area contributed by atoms with E-state index in [9.17, 15) is 8.78 Å². The van der Waals surface area contributed by atoms with Crippen molar-refractivity contribution in [2.45, 2.75) is 6.61 Å². The number of aromatic nitrogens is 2. The number of ether oxygens (including phenoxy) is 1. The van der Waals surface area contributed by atoms with Crippen LogP contribution >= 0.6 is 0 Å². The van der Waals surface area contributed by atoms with Gasteiger partial charge in [-0.05, 0) is 34.6 Å². The molecule has 0 spiro atoms. The van der Waals surface area contributed by atoms with Crippen molar-refractivity contribution >= 4 is 28.1 Å². The van der Waals surface area contributed by atoms with Crippen LogP contribution in [-0.2, 0) is 0 Å². The summed E-state index contributed by atoms with van der Waals surface area (Å²) in [5.74, 6) is 0.0222. The number of rotatable bonds is 4. The van der Waals surface area contributed by atoms with Gasteiger partial charge < -0.3 is 15.8 Å². The summed E-state index contributed by atoms with van der Waals surface area (Å²) in [5.41, 5.74) is 7.84. The van der Waals surface area contributed by atoms with E-state index in [0.717, 1.165) is 0 Å². The van der Waals surface area contributed by atoms with Crippen LogP contribution in [-0.4, -0.2) is 16.9 Å². The molecule has 0 atom stereocenters. The number of para-hydroxylation sites is 2. The SMILES string of the molecule is Nc1ccc(Nc2ccccc2OC(F)F)c2nonc12. The Morgan fingerprint density at radius 3 is 2.62 bits per heavy atom. The fraction of sp³-hybridized carbons (Fsp3) is 0.0769. The maximum absolute atomic E-state index is 12.4. The molecule has 0 unspecified atom stereocenters. The van der Waals surface area contributed by atoms with Crippen LogP contribution in [0.4, 0.5) is 25.8 Å². The quantitative estimate of drug-likeness (QED) is 0.718. The number of nitrogens with zero attached hydrogens (tertiary/aromatic N) is 2. The molecular formula is C13H10F2N4O2. The van der Waals surface area contributed by atoms with Gasteiger partial charge in [0.15, 0.2) is 11.0 Å². The first-order chi connectivity index (χ1) is 10.1. The Kier molecular flexibility index (Phi) is 3.27. The molecule has 3 rings (SSSR count). The number of fused-ring (bicyclic) bond motifs is 1. The molecule has 3 aromatic rings. The van der Waals surface area contributed by atoms with Crippen molar-refractivity contribution in [3.63, 3.8) is 0 Å². The summed E-state index contributed by atoms with van der Waals surface area (Å²) in [6, 6.07) is 9.60. The van der Waals surface area contributed by atoms with E-state index in [1.165, 1.54) is 6.07 Å². The van der Waals surface area contributed by atoms with E-state index < -0.39 is 6.61 Å². The van der Waals surface area contributed by atoms with Crippen molar-refractivity contribution in [2.24, 2.45) is 0 Å². The molecule has 6 nitrogen and oxygen atoms in total. The Labute approximate surface area is 117 Å². The van der Waals surface area contributed by atoms with Gasteiger partial charge >= 0.3 is 6.61 Å². The first-order valence-corrected chi connectivity index (χ1v) is 5.97. The van der Waals surface area contributed by atoms with E-state index in [4.69, 9.17) is 5.73 Å². The second-order valence-corrected chi connectivity index (χ2v) is 4.16. The largest absolute Gasteiger partial charge is 0.433 e. The molecule has 0 amide bonds. The van der Waals surface area contributed by atoms with Crippen molar-refractivity contribution in [1.82, 2.24) is 10.3 Å². The number of benzene rings is 2. The van der Waals surface area contributed by atoms with Crippen LogP contribution in [0.15, 0.2) is 41.0 Å². The van der Waals surface area contributed by atoms with Crippen molar-refractivity contribution < 1.29 is 18.1 Å². The van der Waals surface area contributed by atoms with Gasteiger partial charge in [0, 0.05) is 0 Å². The summed E-state index contributed by atoms with van der Waals surface area (Å²) in [5, 5.41) is 10.4. The molecule has 0 aliphatic rings. The summed E-state index contributed by atoms with van der Waals surface area (Å²) in [7, 11) is 0. The molecule has 3 N–H and O–H groups in total. The average molecular weight is 292 g/mol. The molecular weight excluding hydrogens is 282 g/mol. The second kappa shape index (κ2) is 5.23. The number of nitrogens with one attached hydrogen (secondary N) is 1. The lowest BCUT2D eigenvalue weighted by Gasteiger charge is -2.12. The Morgan fingerprint density at radius 1 is 1.05 bits per heavy atom. The highest BCUT2D eigenvalue weighted by Gasteiger charge is 2.13. The minimum atomic E-state index is -2.91. The Morgan fingerprint density at radius 2 is 1.81 bits per heavy atom. The van der Waals surface area contributed by atoms with E-state index in [0.29, 0.717) is 28.1 Å². The minimum absolute atomic E-state index is 0.0222. The molecule has 1 heterocycles. The number of alkyl halides is 2. The predicted molar refractivity (Wildman–Crippen MR) is 72.6 cm³/mol. The summed E-state index contributed by atoms with van der Waals surface area (Å²) in [6.07, 6.45) is 0. The first kappa shape index (κ1) is 13.1. The third-order valence-electron chi connectivity index (χ3n) is 2.82. The van der Waals surface area contributed by atoms with Crippen LogP contribution in [0.5, 0.6) is 5.75 Å². The smallest absolute Gasteiger partial charge is 0.387 e. The van der Waals surface area contributed by atoms with E-state index in [1.807, 2.05) is 0 Å². The van der Waals surface area contributed by atoms with Gasteiger partial charge in [-0.3, -0.25) is 0 Å². The minimum Gasteiger partial charge on any atom is -0.433 e. The van der Waals surface area contributed by atoms with Crippen molar-refractivity contribution in [2.75, 3.05) is 11.1 Å². The molecule has 21 heavy (non-hydrogen) atoms. The van der Waals surface area contributed by atoms with Gasteiger partial charge in [-0.1, -0.05) is 12.1 Å². The van der Waals surface area contributed by atoms with Crippen LogP contribution in [0.3, 0.4) is 0 Å². The second-order valence-electron chi connectivity index (χ2n) is 4.16.